The molecule has 3 aromatic rings. The van der Waals surface area contributed by atoms with Crippen LogP contribution >= 0.6 is 0 Å². The van der Waals surface area contributed by atoms with Crippen molar-refractivity contribution in [2.75, 3.05) is 0 Å². The molecule has 0 saturated carbocycles. The Morgan fingerprint density at radius 1 is 0.889 bits per heavy atom. The van der Waals surface area contributed by atoms with Gasteiger partial charge in [0.1, 0.15) is 0 Å². The molecule has 1 fully saturated rings. The summed E-state index contributed by atoms with van der Waals surface area (Å²) in [6, 6.07) is 8.13. The third-order valence-electron chi connectivity index (χ3n) is 5.36. The highest BCUT2D eigenvalue weighted by molar-refractivity contribution is 6.61. The van der Waals surface area contributed by atoms with Crippen molar-refractivity contribution in [2.24, 2.45) is 7.05 Å². The largest absolute Gasteiger partial charge is 0.498 e. The van der Waals surface area contributed by atoms with Gasteiger partial charge >= 0.3 is 7.12 Å². The van der Waals surface area contributed by atoms with Gasteiger partial charge in [-0.05, 0) is 39.3 Å². The summed E-state index contributed by atoms with van der Waals surface area (Å²) < 4.78 is 13.9. The highest BCUT2D eigenvalue weighted by Gasteiger charge is 2.51. The molecule has 1 aliphatic heterocycles. The first-order valence-electron chi connectivity index (χ1n) is 9.02. The van der Waals surface area contributed by atoms with Crippen LogP contribution < -0.4 is 5.46 Å². The topological polar surface area (TPSA) is 62.1 Å². The SMILES string of the molecule is Cn1cc(-c2cccc(-c3ncc(B4OC(C)(C)C(C)(C)O4)cn3)c2)cn1. The van der Waals surface area contributed by atoms with Crippen molar-refractivity contribution in [3.8, 4) is 22.5 Å². The molecule has 0 aliphatic carbocycles. The van der Waals surface area contributed by atoms with E-state index in [2.05, 4.69) is 27.2 Å². The second-order valence-electron chi connectivity index (χ2n) is 7.91. The highest BCUT2D eigenvalue weighted by Crippen LogP contribution is 2.36. The highest BCUT2D eigenvalue weighted by atomic mass is 16.7. The normalized spacial score (nSPS) is 18.0. The maximum Gasteiger partial charge on any atom is 0.498 e. The van der Waals surface area contributed by atoms with E-state index in [1.165, 1.54) is 0 Å². The molecular formula is C20H23BN4O2. The summed E-state index contributed by atoms with van der Waals surface area (Å²) >= 11 is 0. The summed E-state index contributed by atoms with van der Waals surface area (Å²) in [5.41, 5.74) is 3.16. The molecule has 27 heavy (non-hydrogen) atoms. The molecule has 0 amide bonds. The van der Waals surface area contributed by atoms with Gasteiger partial charge in [0.2, 0.25) is 0 Å². The van der Waals surface area contributed by atoms with Gasteiger partial charge in [0, 0.05) is 42.2 Å². The maximum atomic E-state index is 6.06. The molecule has 4 rings (SSSR count). The number of nitrogens with zero attached hydrogens (tertiary/aromatic N) is 4. The zero-order chi connectivity index (χ0) is 19.2. The average molecular weight is 362 g/mol. The van der Waals surface area contributed by atoms with Gasteiger partial charge in [-0.25, -0.2) is 9.97 Å². The van der Waals surface area contributed by atoms with Crippen LogP contribution in [0.3, 0.4) is 0 Å². The maximum absolute atomic E-state index is 6.06. The van der Waals surface area contributed by atoms with Gasteiger partial charge in [0.15, 0.2) is 5.82 Å². The van der Waals surface area contributed by atoms with E-state index in [0.29, 0.717) is 5.82 Å². The molecule has 138 valence electrons. The van der Waals surface area contributed by atoms with Crippen LogP contribution in [0.4, 0.5) is 0 Å². The molecule has 1 saturated heterocycles. The Hall–Kier alpha value is -2.51. The van der Waals surface area contributed by atoms with Crippen LogP contribution in [0.5, 0.6) is 0 Å². The van der Waals surface area contributed by atoms with Crippen molar-refractivity contribution in [3.63, 3.8) is 0 Å². The number of aryl methyl sites for hydroxylation is 1. The lowest BCUT2D eigenvalue weighted by Gasteiger charge is -2.32. The van der Waals surface area contributed by atoms with E-state index in [1.807, 2.05) is 59.3 Å². The Bertz CT molecular complexity index is 950. The zero-order valence-corrected chi connectivity index (χ0v) is 16.3. The smallest absolute Gasteiger partial charge is 0.399 e. The first kappa shape index (κ1) is 17.9. The number of hydrogen-bond acceptors (Lipinski definition) is 5. The minimum absolute atomic E-state index is 0.381. The lowest BCUT2D eigenvalue weighted by atomic mass is 9.81. The summed E-state index contributed by atoms with van der Waals surface area (Å²) in [6.45, 7) is 8.14. The molecule has 0 bridgehead atoms. The summed E-state index contributed by atoms with van der Waals surface area (Å²) in [5, 5.41) is 4.23. The van der Waals surface area contributed by atoms with Crippen LogP contribution in [-0.4, -0.2) is 38.1 Å². The Kier molecular flexibility index (Phi) is 4.16. The third-order valence-corrected chi connectivity index (χ3v) is 5.36. The van der Waals surface area contributed by atoms with E-state index in [-0.39, 0.29) is 11.2 Å². The molecule has 2 aromatic heterocycles. The van der Waals surface area contributed by atoms with Crippen molar-refractivity contribution in [3.05, 3.63) is 49.1 Å². The van der Waals surface area contributed by atoms with Gasteiger partial charge in [-0.2, -0.15) is 5.10 Å². The molecule has 0 atom stereocenters. The van der Waals surface area contributed by atoms with E-state index < -0.39 is 7.12 Å². The molecule has 0 radical (unpaired) electrons. The lowest BCUT2D eigenvalue weighted by molar-refractivity contribution is 0.00578. The van der Waals surface area contributed by atoms with Crippen LogP contribution in [0.2, 0.25) is 0 Å². The molecule has 0 N–H and O–H groups in total. The molecule has 3 heterocycles. The third kappa shape index (κ3) is 3.28. The Morgan fingerprint density at radius 2 is 1.52 bits per heavy atom. The predicted octanol–water partition coefficient (Wildman–Crippen LogP) is 2.84. The average Bonchev–Trinajstić information content (AvgIpc) is 3.16. The van der Waals surface area contributed by atoms with Crippen LogP contribution in [0, 0.1) is 0 Å². The molecule has 6 nitrogen and oxygen atoms in total. The minimum atomic E-state index is -0.453. The van der Waals surface area contributed by atoms with E-state index in [0.717, 1.165) is 22.2 Å². The van der Waals surface area contributed by atoms with Crippen molar-refractivity contribution in [2.45, 2.75) is 38.9 Å². The van der Waals surface area contributed by atoms with Gasteiger partial charge in [0.25, 0.3) is 0 Å². The second kappa shape index (κ2) is 6.28. The Labute approximate surface area is 159 Å². The van der Waals surface area contributed by atoms with Gasteiger partial charge < -0.3 is 9.31 Å². The van der Waals surface area contributed by atoms with Crippen LogP contribution in [0.25, 0.3) is 22.5 Å². The van der Waals surface area contributed by atoms with E-state index >= 15 is 0 Å². The fourth-order valence-electron chi connectivity index (χ4n) is 3.00. The first-order valence-corrected chi connectivity index (χ1v) is 9.02. The minimum Gasteiger partial charge on any atom is -0.399 e. The predicted molar refractivity (Wildman–Crippen MR) is 105 cm³/mol. The summed E-state index contributed by atoms with van der Waals surface area (Å²) in [6.07, 6.45) is 7.39. The van der Waals surface area contributed by atoms with E-state index in [1.54, 1.807) is 17.1 Å². The molecule has 1 aliphatic rings. The van der Waals surface area contributed by atoms with Gasteiger partial charge in [-0.15, -0.1) is 0 Å². The lowest BCUT2D eigenvalue weighted by Crippen LogP contribution is -2.41. The summed E-state index contributed by atoms with van der Waals surface area (Å²) in [4.78, 5) is 9.07. The first-order chi connectivity index (χ1) is 12.7. The number of hydrogen-bond donors (Lipinski definition) is 0. The van der Waals surface area contributed by atoms with Crippen molar-refractivity contribution in [1.29, 1.82) is 0 Å². The van der Waals surface area contributed by atoms with Crippen molar-refractivity contribution in [1.82, 2.24) is 19.7 Å². The quantitative estimate of drug-likeness (QED) is 0.671. The van der Waals surface area contributed by atoms with Gasteiger partial charge in [-0.1, -0.05) is 18.2 Å². The van der Waals surface area contributed by atoms with Crippen LogP contribution in [0.15, 0.2) is 49.1 Å². The van der Waals surface area contributed by atoms with E-state index in [9.17, 15) is 0 Å². The van der Waals surface area contributed by atoms with Crippen molar-refractivity contribution >= 4 is 12.6 Å². The zero-order valence-electron chi connectivity index (χ0n) is 16.3. The number of benzene rings is 1. The fourth-order valence-corrected chi connectivity index (χ4v) is 3.00. The molecule has 0 unspecified atom stereocenters. The molecule has 0 spiro atoms. The second-order valence-corrected chi connectivity index (χ2v) is 7.91. The van der Waals surface area contributed by atoms with Crippen molar-refractivity contribution < 1.29 is 9.31 Å². The fraction of sp³-hybridized carbons (Fsp3) is 0.350. The van der Waals surface area contributed by atoms with Gasteiger partial charge in [-0.3, -0.25) is 4.68 Å². The molecular weight excluding hydrogens is 339 g/mol. The Morgan fingerprint density at radius 3 is 2.11 bits per heavy atom. The van der Waals surface area contributed by atoms with E-state index in [4.69, 9.17) is 9.31 Å². The molecule has 7 heteroatoms. The standard InChI is InChI=1S/C20H23BN4O2/c1-19(2)20(3,4)27-21(26-19)17-11-22-18(23-12-17)15-8-6-7-14(9-15)16-10-24-25(5)13-16/h6-13H,1-5H3. The Balaban J connectivity index is 1.58. The van der Waals surface area contributed by atoms with Crippen LogP contribution in [-0.2, 0) is 16.4 Å². The molecule has 1 aromatic carbocycles. The summed E-state index contributed by atoms with van der Waals surface area (Å²) in [5.74, 6) is 0.668. The summed E-state index contributed by atoms with van der Waals surface area (Å²) in [7, 11) is 1.45. The number of aromatic nitrogens is 4. The van der Waals surface area contributed by atoms with Crippen LogP contribution in [0.1, 0.15) is 27.7 Å². The van der Waals surface area contributed by atoms with Gasteiger partial charge in [0.05, 0.1) is 17.4 Å². The monoisotopic (exact) mass is 362 g/mol. The number of rotatable bonds is 3.